The molecule has 0 spiro atoms. The van der Waals surface area contributed by atoms with Gasteiger partial charge in [0.25, 0.3) is 12.4 Å². The van der Waals surface area contributed by atoms with Crippen molar-refractivity contribution in [2.24, 2.45) is 0 Å². The molecule has 0 bridgehead atoms. The number of nitrogens with zero attached hydrogens (tertiary/aromatic N) is 1. The number of hydrogen-bond acceptors (Lipinski definition) is 2. The van der Waals surface area contributed by atoms with E-state index in [1.54, 1.807) is 0 Å². The molecule has 19 heavy (non-hydrogen) atoms. The summed E-state index contributed by atoms with van der Waals surface area (Å²) in [6, 6.07) is 0. The van der Waals surface area contributed by atoms with Crippen LogP contribution in [0.1, 0.15) is 17.6 Å². The molecule has 2 nitrogen and oxygen atoms in total. The van der Waals surface area contributed by atoms with Gasteiger partial charge in [0.1, 0.15) is 0 Å². The normalized spacial score (nSPS) is 12.9. The third-order valence-corrected chi connectivity index (χ3v) is 1.77. The van der Waals surface area contributed by atoms with Crippen molar-refractivity contribution in [1.29, 1.82) is 0 Å². The molecule has 0 saturated carbocycles. The van der Waals surface area contributed by atoms with Crippen LogP contribution in [-0.4, -0.2) is 11.3 Å². The maximum Gasteiger partial charge on any atom is 0.573 e. The Bertz CT molecular complexity index is 465. The van der Waals surface area contributed by atoms with Gasteiger partial charge in [0, 0.05) is 6.20 Å². The van der Waals surface area contributed by atoms with Gasteiger partial charge >= 0.3 is 12.5 Å². The van der Waals surface area contributed by atoms with E-state index in [9.17, 15) is 39.5 Å². The van der Waals surface area contributed by atoms with E-state index in [0.717, 1.165) is 0 Å². The number of alkyl halides is 8. The van der Waals surface area contributed by atoms with E-state index in [1.807, 2.05) is 0 Å². The fraction of sp³-hybridized carbons (Fsp3) is 0.375. The Morgan fingerprint density at radius 1 is 1.05 bits per heavy atom. The molecule has 0 unspecified atom stereocenters. The largest absolute Gasteiger partial charge is 0.573 e. The summed E-state index contributed by atoms with van der Waals surface area (Å²) in [5.41, 5.74) is -4.46. The summed E-state index contributed by atoms with van der Waals surface area (Å²) >= 11 is 0. The molecule has 0 saturated heterocycles. The summed E-state index contributed by atoms with van der Waals surface area (Å²) in [5, 5.41) is 0. The van der Waals surface area contributed by atoms with Crippen LogP contribution < -0.4 is 4.74 Å². The van der Waals surface area contributed by atoms with Crippen molar-refractivity contribution in [2.45, 2.75) is 19.0 Å². The van der Waals surface area contributed by atoms with E-state index in [1.165, 1.54) is 0 Å². The summed E-state index contributed by atoms with van der Waals surface area (Å²) in [5.74, 6) is -4.52. The Kier molecular flexibility index (Phi) is 3.87. The van der Waals surface area contributed by atoms with Crippen LogP contribution in [0.4, 0.5) is 39.5 Å². The highest BCUT2D eigenvalue weighted by atomic mass is 19.4. The standard InChI is InChI=1S/C8H2F9NO/c9-5(10)3-2(7(12,13)14)1-18-6(11)4(3)19-8(15,16)17/h1,5H. The Morgan fingerprint density at radius 2 is 1.58 bits per heavy atom. The molecule has 108 valence electrons. The summed E-state index contributed by atoms with van der Waals surface area (Å²) in [6.45, 7) is 0. The molecule has 1 heterocycles. The maximum atomic E-state index is 12.9. The predicted molar refractivity (Wildman–Crippen MR) is 40.8 cm³/mol. The lowest BCUT2D eigenvalue weighted by Gasteiger charge is -2.17. The van der Waals surface area contributed by atoms with Crippen molar-refractivity contribution in [3.63, 3.8) is 0 Å². The van der Waals surface area contributed by atoms with Gasteiger partial charge in [-0.2, -0.15) is 17.6 Å². The number of ether oxygens (including phenoxy) is 1. The smallest absolute Gasteiger partial charge is 0.400 e. The molecule has 0 aliphatic rings. The first kappa shape index (κ1) is 15.4. The van der Waals surface area contributed by atoms with E-state index in [4.69, 9.17) is 0 Å². The van der Waals surface area contributed by atoms with Crippen LogP contribution in [0.25, 0.3) is 0 Å². The van der Waals surface area contributed by atoms with E-state index < -0.39 is 41.8 Å². The van der Waals surface area contributed by atoms with Gasteiger partial charge in [-0.25, -0.2) is 13.8 Å². The lowest BCUT2D eigenvalue weighted by Crippen LogP contribution is -2.21. The van der Waals surface area contributed by atoms with Crippen LogP contribution in [-0.2, 0) is 6.18 Å². The van der Waals surface area contributed by atoms with Crippen LogP contribution in [0.2, 0.25) is 0 Å². The quantitative estimate of drug-likeness (QED) is 0.606. The third kappa shape index (κ3) is 3.64. The Hall–Kier alpha value is -1.68. The van der Waals surface area contributed by atoms with E-state index >= 15 is 0 Å². The van der Waals surface area contributed by atoms with Crippen molar-refractivity contribution in [3.8, 4) is 5.75 Å². The molecule has 1 rings (SSSR count). The summed E-state index contributed by atoms with van der Waals surface area (Å²) < 4.78 is 113. The molecule has 0 aromatic carbocycles. The third-order valence-electron chi connectivity index (χ3n) is 1.77. The van der Waals surface area contributed by atoms with Crippen molar-refractivity contribution < 1.29 is 44.3 Å². The van der Waals surface area contributed by atoms with Gasteiger partial charge in [0.15, 0.2) is 5.75 Å². The first-order valence-electron chi connectivity index (χ1n) is 4.23. The van der Waals surface area contributed by atoms with Gasteiger partial charge in [0.05, 0.1) is 11.1 Å². The fourth-order valence-electron chi connectivity index (χ4n) is 1.14. The molecule has 0 fully saturated rings. The first-order valence-corrected chi connectivity index (χ1v) is 4.23. The van der Waals surface area contributed by atoms with Gasteiger partial charge in [-0.05, 0) is 0 Å². The highest BCUT2D eigenvalue weighted by Gasteiger charge is 2.42. The first-order chi connectivity index (χ1) is 8.43. The number of hydrogen-bond donors (Lipinski definition) is 0. The van der Waals surface area contributed by atoms with Crippen molar-refractivity contribution in [3.05, 3.63) is 23.3 Å². The summed E-state index contributed by atoms with van der Waals surface area (Å²) in [4.78, 5) is 2.33. The van der Waals surface area contributed by atoms with Gasteiger partial charge in [0.2, 0.25) is 0 Å². The van der Waals surface area contributed by atoms with Crippen molar-refractivity contribution in [2.75, 3.05) is 0 Å². The van der Waals surface area contributed by atoms with Crippen molar-refractivity contribution >= 4 is 0 Å². The maximum absolute atomic E-state index is 12.9. The van der Waals surface area contributed by atoms with Gasteiger partial charge < -0.3 is 4.74 Å². The van der Waals surface area contributed by atoms with Gasteiger partial charge in [-0.1, -0.05) is 0 Å². The van der Waals surface area contributed by atoms with E-state index in [0.29, 0.717) is 0 Å². The average Bonchev–Trinajstić information content (AvgIpc) is 2.16. The zero-order valence-electron chi connectivity index (χ0n) is 8.41. The van der Waals surface area contributed by atoms with Crippen LogP contribution in [0.15, 0.2) is 6.20 Å². The molecular formula is C8H2F9NO. The lowest BCUT2D eigenvalue weighted by molar-refractivity contribution is -0.276. The molecule has 0 aliphatic carbocycles. The molecule has 1 aromatic rings. The van der Waals surface area contributed by atoms with Crippen molar-refractivity contribution in [1.82, 2.24) is 4.98 Å². The lowest BCUT2D eigenvalue weighted by atomic mass is 10.1. The summed E-state index contributed by atoms with van der Waals surface area (Å²) in [7, 11) is 0. The average molecular weight is 299 g/mol. The topological polar surface area (TPSA) is 22.1 Å². The Labute approximate surface area is 98.3 Å². The molecule has 0 N–H and O–H groups in total. The minimum absolute atomic E-state index is 0.333. The Balaban J connectivity index is 3.52. The van der Waals surface area contributed by atoms with Gasteiger partial charge in [-0.15, -0.1) is 13.2 Å². The number of rotatable bonds is 2. The molecule has 0 amide bonds. The number of halogens is 9. The second kappa shape index (κ2) is 4.78. The predicted octanol–water partition coefficient (Wildman–Crippen LogP) is 4.08. The van der Waals surface area contributed by atoms with E-state index in [2.05, 4.69) is 9.72 Å². The number of pyridine rings is 1. The minimum atomic E-state index is -5.64. The highest BCUT2D eigenvalue weighted by molar-refractivity contribution is 5.40. The monoisotopic (exact) mass is 299 g/mol. The van der Waals surface area contributed by atoms with Crippen LogP contribution >= 0.6 is 0 Å². The molecule has 0 atom stereocenters. The number of aromatic nitrogens is 1. The Morgan fingerprint density at radius 3 is 1.95 bits per heavy atom. The van der Waals surface area contributed by atoms with Crippen LogP contribution in [0.3, 0.4) is 0 Å². The highest BCUT2D eigenvalue weighted by Crippen LogP contribution is 2.42. The zero-order chi connectivity index (χ0) is 15.0. The fourth-order valence-corrected chi connectivity index (χ4v) is 1.14. The molecule has 0 radical (unpaired) electrons. The molecular weight excluding hydrogens is 297 g/mol. The van der Waals surface area contributed by atoms with E-state index in [-0.39, 0.29) is 6.20 Å². The second-order valence-corrected chi connectivity index (χ2v) is 3.05. The summed E-state index contributed by atoms with van der Waals surface area (Å²) in [6.07, 6.45) is -15.4. The second-order valence-electron chi connectivity index (χ2n) is 3.05. The minimum Gasteiger partial charge on any atom is -0.400 e. The molecule has 1 aromatic heterocycles. The molecule has 0 aliphatic heterocycles. The molecule has 11 heteroatoms. The zero-order valence-corrected chi connectivity index (χ0v) is 8.41. The van der Waals surface area contributed by atoms with Gasteiger partial charge in [-0.3, -0.25) is 0 Å². The van der Waals surface area contributed by atoms with Crippen LogP contribution in [0, 0.1) is 5.95 Å². The van der Waals surface area contributed by atoms with Crippen LogP contribution in [0.5, 0.6) is 5.75 Å². The SMILES string of the molecule is Fc1ncc(C(F)(F)F)c(C(F)F)c1OC(F)(F)F.